The number of rotatable bonds is 9. The predicted octanol–water partition coefficient (Wildman–Crippen LogP) is 4.64. The monoisotopic (exact) mass is 515 g/mol. The van der Waals surface area contributed by atoms with E-state index in [2.05, 4.69) is 48.7 Å². The quantitative estimate of drug-likeness (QED) is 0.286. The van der Waals surface area contributed by atoms with Crippen molar-refractivity contribution in [3.8, 4) is 0 Å². The fourth-order valence-corrected chi connectivity index (χ4v) is 3.91. The molecule has 0 aromatic heterocycles. The normalized spacial score (nSPS) is 19.2. The molecule has 0 spiro atoms. The van der Waals surface area contributed by atoms with Gasteiger partial charge in [0.05, 0.1) is 19.3 Å². The first kappa shape index (κ1) is 24.4. The average Bonchev–Trinajstić information content (AvgIpc) is 2.71. The summed E-state index contributed by atoms with van der Waals surface area (Å²) in [6.07, 6.45) is 7.65. The van der Waals surface area contributed by atoms with Gasteiger partial charge in [0.15, 0.2) is 5.96 Å². The van der Waals surface area contributed by atoms with Crippen molar-refractivity contribution in [2.45, 2.75) is 71.6 Å². The van der Waals surface area contributed by atoms with Crippen LogP contribution in [0.5, 0.6) is 0 Å². The minimum Gasteiger partial charge on any atom is -0.381 e. The molecule has 0 bridgehead atoms. The van der Waals surface area contributed by atoms with Gasteiger partial charge in [0.1, 0.15) is 0 Å². The zero-order chi connectivity index (χ0) is 19.7. The highest BCUT2D eigenvalue weighted by Gasteiger charge is 2.34. The van der Waals surface area contributed by atoms with Crippen molar-refractivity contribution in [3.63, 3.8) is 0 Å². The van der Waals surface area contributed by atoms with Gasteiger partial charge >= 0.3 is 0 Å². The second-order valence-electron chi connectivity index (χ2n) is 8.20. The maximum Gasteiger partial charge on any atom is 0.191 e. The van der Waals surface area contributed by atoms with Crippen LogP contribution in [0.25, 0.3) is 0 Å². The maximum absolute atomic E-state index is 6.00. The largest absolute Gasteiger partial charge is 0.381 e. The molecule has 6 heteroatoms. The van der Waals surface area contributed by atoms with Crippen LogP contribution in [-0.2, 0) is 22.6 Å². The summed E-state index contributed by atoms with van der Waals surface area (Å²) in [4.78, 5) is 4.78. The Morgan fingerprint density at radius 1 is 1.10 bits per heavy atom. The lowest BCUT2D eigenvalue weighted by atomic mass is 9.67. The first-order valence-electron chi connectivity index (χ1n) is 11.0. The molecule has 0 atom stereocenters. The molecule has 0 radical (unpaired) electrons. The van der Waals surface area contributed by atoms with Crippen molar-refractivity contribution < 1.29 is 9.47 Å². The molecule has 2 N–H and O–H groups in total. The molecule has 1 aromatic carbocycles. The zero-order valence-corrected chi connectivity index (χ0v) is 20.4. The number of nitrogens with zero attached hydrogens (tertiary/aromatic N) is 1. The van der Waals surface area contributed by atoms with Gasteiger partial charge in [-0.3, -0.25) is 0 Å². The molecule has 2 fully saturated rings. The van der Waals surface area contributed by atoms with Gasteiger partial charge in [-0.1, -0.05) is 37.6 Å². The molecule has 3 rings (SSSR count). The van der Waals surface area contributed by atoms with Crippen LogP contribution < -0.4 is 10.6 Å². The van der Waals surface area contributed by atoms with Crippen LogP contribution in [0.2, 0.25) is 0 Å². The lowest BCUT2D eigenvalue weighted by molar-refractivity contribution is -0.0390. The molecular formula is C23H38IN3O2. The van der Waals surface area contributed by atoms with E-state index in [1.807, 2.05) is 0 Å². The molecule has 2 aliphatic rings. The van der Waals surface area contributed by atoms with Crippen LogP contribution in [0, 0.1) is 5.41 Å². The van der Waals surface area contributed by atoms with Crippen molar-refractivity contribution in [1.29, 1.82) is 0 Å². The van der Waals surface area contributed by atoms with Crippen LogP contribution in [0.15, 0.2) is 29.3 Å². The third-order valence-electron chi connectivity index (χ3n) is 6.24. The van der Waals surface area contributed by atoms with Crippen molar-refractivity contribution in [3.05, 3.63) is 35.4 Å². The van der Waals surface area contributed by atoms with Crippen LogP contribution in [0.4, 0.5) is 0 Å². The molecule has 1 saturated heterocycles. The summed E-state index contributed by atoms with van der Waals surface area (Å²) >= 11 is 0. The Balaban J connectivity index is 0.00000300. The third kappa shape index (κ3) is 7.72. The van der Waals surface area contributed by atoms with Gasteiger partial charge in [-0.15, -0.1) is 24.0 Å². The van der Waals surface area contributed by atoms with Gasteiger partial charge < -0.3 is 20.1 Å². The summed E-state index contributed by atoms with van der Waals surface area (Å²) in [6, 6.07) is 8.64. The fraction of sp³-hybridized carbons (Fsp3) is 0.696. The van der Waals surface area contributed by atoms with E-state index in [4.69, 9.17) is 14.5 Å². The van der Waals surface area contributed by atoms with E-state index in [-0.39, 0.29) is 24.0 Å². The topological polar surface area (TPSA) is 54.9 Å². The number of ether oxygens (including phenoxy) is 2. The standard InChI is InChI=1S/C23H37N3O2.HI/c1-3-23(12-5-13-23)18-26-22(24-4-2)25-16-19-6-8-20(9-7-19)17-28-21-10-14-27-15-11-21;/h6-9,21H,3-5,10-18H2,1-2H3,(H2,24,25,26);1H. The van der Waals surface area contributed by atoms with Gasteiger partial charge in [-0.2, -0.15) is 0 Å². The number of halogens is 1. The van der Waals surface area contributed by atoms with E-state index in [0.29, 0.717) is 24.7 Å². The van der Waals surface area contributed by atoms with E-state index >= 15 is 0 Å². The summed E-state index contributed by atoms with van der Waals surface area (Å²) in [5.41, 5.74) is 2.93. The lowest BCUT2D eigenvalue weighted by Gasteiger charge is -2.41. The first-order chi connectivity index (χ1) is 13.7. The Hall–Kier alpha value is -0.860. The molecule has 1 aromatic rings. The second kappa shape index (κ2) is 12.7. The second-order valence-corrected chi connectivity index (χ2v) is 8.20. The number of aliphatic imine (C=N–C) groups is 1. The highest BCUT2D eigenvalue weighted by molar-refractivity contribution is 14.0. The van der Waals surface area contributed by atoms with Crippen LogP contribution in [0.3, 0.4) is 0 Å². The molecule has 1 saturated carbocycles. The number of guanidine groups is 1. The summed E-state index contributed by atoms with van der Waals surface area (Å²) in [5.74, 6) is 0.925. The van der Waals surface area contributed by atoms with Gasteiger partial charge in [-0.05, 0) is 55.6 Å². The van der Waals surface area contributed by atoms with E-state index in [1.54, 1.807) is 0 Å². The third-order valence-corrected chi connectivity index (χ3v) is 6.24. The SMILES string of the molecule is CCNC(=NCc1ccc(COC2CCOCC2)cc1)NCC1(CC)CCC1.I. The Morgan fingerprint density at radius 2 is 1.79 bits per heavy atom. The van der Waals surface area contributed by atoms with Crippen LogP contribution >= 0.6 is 24.0 Å². The molecule has 0 amide bonds. The lowest BCUT2D eigenvalue weighted by Crippen LogP contribution is -2.46. The Labute approximate surface area is 193 Å². The zero-order valence-electron chi connectivity index (χ0n) is 18.0. The summed E-state index contributed by atoms with van der Waals surface area (Å²) in [7, 11) is 0. The summed E-state index contributed by atoms with van der Waals surface area (Å²) in [6.45, 7) is 9.34. The molecule has 1 aliphatic carbocycles. The number of hydrogen-bond acceptors (Lipinski definition) is 3. The van der Waals surface area contributed by atoms with Gasteiger partial charge in [0.2, 0.25) is 0 Å². The van der Waals surface area contributed by atoms with Gasteiger partial charge in [0.25, 0.3) is 0 Å². The summed E-state index contributed by atoms with van der Waals surface area (Å²) < 4.78 is 11.4. The van der Waals surface area contributed by atoms with E-state index in [1.165, 1.54) is 36.8 Å². The maximum atomic E-state index is 6.00. The predicted molar refractivity (Wildman–Crippen MR) is 130 cm³/mol. The van der Waals surface area contributed by atoms with Crippen molar-refractivity contribution in [1.82, 2.24) is 10.6 Å². The molecule has 5 nitrogen and oxygen atoms in total. The molecular weight excluding hydrogens is 477 g/mol. The van der Waals surface area contributed by atoms with Crippen LogP contribution in [-0.4, -0.2) is 38.4 Å². The highest BCUT2D eigenvalue weighted by Crippen LogP contribution is 2.42. The van der Waals surface area contributed by atoms with Crippen LogP contribution in [0.1, 0.15) is 63.5 Å². The Bertz CT molecular complexity index is 606. The first-order valence-corrected chi connectivity index (χ1v) is 11.0. The summed E-state index contributed by atoms with van der Waals surface area (Å²) in [5, 5.41) is 6.94. The molecule has 0 unspecified atom stereocenters. The Kier molecular flexibility index (Phi) is 10.7. The molecule has 1 heterocycles. The van der Waals surface area contributed by atoms with E-state index in [0.717, 1.165) is 45.1 Å². The minimum atomic E-state index is 0. The fourth-order valence-electron chi connectivity index (χ4n) is 3.91. The Morgan fingerprint density at radius 3 is 2.38 bits per heavy atom. The highest BCUT2D eigenvalue weighted by atomic mass is 127. The molecule has 29 heavy (non-hydrogen) atoms. The minimum absolute atomic E-state index is 0. The van der Waals surface area contributed by atoms with Crippen molar-refractivity contribution >= 4 is 29.9 Å². The van der Waals surface area contributed by atoms with Gasteiger partial charge in [0, 0.05) is 26.3 Å². The molecule has 1 aliphatic heterocycles. The van der Waals surface area contributed by atoms with Crippen molar-refractivity contribution in [2.75, 3.05) is 26.3 Å². The van der Waals surface area contributed by atoms with Crippen molar-refractivity contribution in [2.24, 2.45) is 10.4 Å². The number of nitrogens with one attached hydrogen (secondary N) is 2. The molecule has 164 valence electrons. The van der Waals surface area contributed by atoms with E-state index < -0.39 is 0 Å². The number of benzene rings is 1. The number of hydrogen-bond donors (Lipinski definition) is 2. The average molecular weight is 515 g/mol. The van der Waals surface area contributed by atoms with Gasteiger partial charge in [-0.25, -0.2) is 4.99 Å². The van der Waals surface area contributed by atoms with E-state index in [9.17, 15) is 0 Å². The smallest absolute Gasteiger partial charge is 0.191 e.